The molecule has 0 saturated carbocycles. The SMILES string of the molecule is CC(C)(C)c1ccc(N2B3c4cc5c(cc4-n4c6cc7c(cc6c6ccc(c3c64)-c3cc4c(cc32)-c2cc(C(C)(C)C)ccc2C4(C)C)oc2ccccc27)sc2ccccc25)cc1. The predicted octanol–water partition coefficient (Wildman–Crippen LogP) is 15.2. The van der Waals surface area contributed by atoms with Crippen LogP contribution in [0.1, 0.15) is 77.6 Å². The average Bonchev–Trinajstić information content (AvgIpc) is 3.99. The van der Waals surface area contributed by atoms with Gasteiger partial charge in [0, 0.05) is 69.8 Å². The number of furan rings is 1. The van der Waals surface area contributed by atoms with Gasteiger partial charge in [0.25, 0.3) is 0 Å². The Morgan fingerprint density at radius 1 is 0.516 bits per heavy atom. The number of hydrogen-bond donors (Lipinski definition) is 0. The zero-order valence-corrected chi connectivity index (χ0v) is 38.4. The maximum absolute atomic E-state index is 6.59. The van der Waals surface area contributed by atoms with Crippen LogP contribution in [0.5, 0.6) is 0 Å². The third-order valence-corrected chi connectivity index (χ3v) is 16.4. The van der Waals surface area contributed by atoms with Crippen molar-refractivity contribution in [3.63, 3.8) is 0 Å². The van der Waals surface area contributed by atoms with Crippen LogP contribution in [0.4, 0.5) is 11.4 Å². The second-order valence-electron chi connectivity index (χ2n) is 21.3. The number of anilines is 2. The number of aromatic nitrogens is 1. The molecule has 0 N–H and O–H groups in total. The fraction of sp³-hybridized carbons (Fsp3) is 0.186. The molecule has 308 valence electrons. The van der Waals surface area contributed by atoms with Crippen LogP contribution < -0.4 is 15.7 Å². The Bertz CT molecular complexity index is 3900. The molecule has 3 nitrogen and oxygen atoms in total. The first-order chi connectivity index (χ1) is 30.7. The molecule has 0 saturated heterocycles. The third kappa shape index (κ3) is 4.68. The molecule has 2 aliphatic heterocycles. The highest BCUT2D eigenvalue weighted by molar-refractivity contribution is 7.26. The lowest BCUT2D eigenvalue weighted by molar-refractivity contribution is 0.589. The minimum Gasteiger partial charge on any atom is -0.456 e. The van der Waals surface area contributed by atoms with Crippen LogP contribution in [0.3, 0.4) is 0 Å². The lowest BCUT2D eigenvalue weighted by Crippen LogP contribution is -2.60. The van der Waals surface area contributed by atoms with E-state index in [4.69, 9.17) is 4.42 Å². The number of hydrogen-bond acceptors (Lipinski definition) is 3. The zero-order valence-electron chi connectivity index (χ0n) is 37.6. The first-order valence-corrected chi connectivity index (χ1v) is 23.7. The summed E-state index contributed by atoms with van der Waals surface area (Å²) in [5, 5.41) is 7.43. The Morgan fingerprint density at radius 3 is 2.05 bits per heavy atom. The molecule has 14 rings (SSSR count). The van der Waals surface area contributed by atoms with E-state index in [2.05, 4.69) is 204 Å². The van der Waals surface area contributed by atoms with Crippen LogP contribution in [-0.2, 0) is 16.2 Å². The lowest BCUT2D eigenvalue weighted by atomic mass is 9.44. The summed E-state index contributed by atoms with van der Waals surface area (Å²) in [4.78, 5) is 2.71. The van der Waals surface area contributed by atoms with Crippen molar-refractivity contribution in [2.24, 2.45) is 0 Å². The van der Waals surface area contributed by atoms with E-state index in [1.54, 1.807) is 0 Å². The van der Waals surface area contributed by atoms with E-state index in [0.29, 0.717) is 0 Å². The van der Waals surface area contributed by atoms with Gasteiger partial charge in [-0.2, -0.15) is 0 Å². The Kier molecular flexibility index (Phi) is 6.89. The summed E-state index contributed by atoms with van der Waals surface area (Å²) in [6.07, 6.45) is 0. The molecule has 0 bridgehead atoms. The predicted molar refractivity (Wildman–Crippen MR) is 275 cm³/mol. The Hall–Kier alpha value is -6.56. The minimum absolute atomic E-state index is 0.0342. The van der Waals surface area contributed by atoms with Gasteiger partial charge in [0.15, 0.2) is 0 Å². The van der Waals surface area contributed by atoms with Gasteiger partial charge in [-0.25, -0.2) is 0 Å². The molecule has 8 aromatic carbocycles. The lowest BCUT2D eigenvalue weighted by Gasteiger charge is -2.42. The van der Waals surface area contributed by atoms with E-state index < -0.39 is 0 Å². The summed E-state index contributed by atoms with van der Waals surface area (Å²) in [7, 11) is 0. The van der Waals surface area contributed by atoms with Crippen LogP contribution in [0.25, 0.3) is 91.9 Å². The van der Waals surface area contributed by atoms with Gasteiger partial charge in [0.2, 0.25) is 0 Å². The minimum atomic E-state index is -0.155. The molecule has 0 unspecified atom stereocenters. The van der Waals surface area contributed by atoms with Gasteiger partial charge in [0.05, 0.1) is 11.0 Å². The Morgan fingerprint density at radius 2 is 1.25 bits per heavy atom. The second kappa shape index (κ2) is 12.0. The van der Waals surface area contributed by atoms with Crippen molar-refractivity contribution >= 4 is 104 Å². The van der Waals surface area contributed by atoms with Crippen LogP contribution in [0.2, 0.25) is 0 Å². The van der Waals surface area contributed by atoms with Crippen LogP contribution in [-0.4, -0.2) is 11.4 Å². The molecule has 3 aromatic heterocycles. The standard InChI is InChI=1S/C59H47BN2OS/c1-57(2,3)32-17-20-34(21-18-32)62-49-28-40-39-25-33(58(4,5)6)19-24-45(39)59(7,8)46(40)26-41(49)37-22-23-38-42-30-52-43(35-13-9-11-15-51(35)63-52)29-48(42)61-50-31-54-44(36-14-10-12-16-53(36)64-54)27-47(50)60(62)55(37)56(38)61/h9-31H,1-8H3. The largest absolute Gasteiger partial charge is 0.456 e. The average molecular weight is 843 g/mol. The van der Waals surface area contributed by atoms with E-state index in [1.807, 2.05) is 11.3 Å². The third-order valence-electron chi connectivity index (χ3n) is 15.3. The monoisotopic (exact) mass is 842 g/mol. The molecule has 64 heavy (non-hydrogen) atoms. The van der Waals surface area contributed by atoms with Gasteiger partial charge in [0.1, 0.15) is 11.2 Å². The van der Waals surface area contributed by atoms with E-state index in [1.165, 1.54) is 114 Å². The van der Waals surface area contributed by atoms with Crippen molar-refractivity contribution in [1.82, 2.24) is 4.57 Å². The van der Waals surface area contributed by atoms with Crippen molar-refractivity contribution in [2.45, 2.75) is 71.6 Å². The maximum atomic E-state index is 6.59. The van der Waals surface area contributed by atoms with Crippen LogP contribution >= 0.6 is 11.3 Å². The van der Waals surface area contributed by atoms with Gasteiger partial charge in [-0.15, -0.1) is 11.3 Å². The first kappa shape index (κ1) is 36.9. The van der Waals surface area contributed by atoms with E-state index >= 15 is 0 Å². The smallest absolute Gasteiger partial charge is 0.333 e. The Balaban J connectivity index is 1.15. The summed E-state index contributed by atoms with van der Waals surface area (Å²) in [5.74, 6) is 0. The number of benzene rings is 8. The number of nitrogens with zero attached hydrogens (tertiary/aromatic N) is 2. The molecule has 3 aliphatic rings. The van der Waals surface area contributed by atoms with Gasteiger partial charge >= 0.3 is 6.85 Å². The van der Waals surface area contributed by atoms with Crippen molar-refractivity contribution in [1.29, 1.82) is 0 Å². The van der Waals surface area contributed by atoms with E-state index in [9.17, 15) is 0 Å². The summed E-state index contributed by atoms with van der Waals surface area (Å²) in [6, 6.07) is 54.0. The van der Waals surface area contributed by atoms with Crippen molar-refractivity contribution < 1.29 is 4.42 Å². The topological polar surface area (TPSA) is 21.3 Å². The molecular formula is C59H47BN2OS. The second-order valence-corrected chi connectivity index (χ2v) is 22.4. The summed E-state index contributed by atoms with van der Waals surface area (Å²) < 4.78 is 11.8. The normalized spacial score (nSPS) is 14.9. The molecule has 5 heteroatoms. The van der Waals surface area contributed by atoms with E-state index in [0.717, 1.165) is 21.9 Å². The number of rotatable bonds is 1. The van der Waals surface area contributed by atoms with Crippen LogP contribution in [0.15, 0.2) is 144 Å². The van der Waals surface area contributed by atoms with Crippen molar-refractivity contribution in [3.8, 4) is 27.9 Å². The molecule has 0 amide bonds. The molecule has 1 aliphatic carbocycles. The molecule has 0 spiro atoms. The fourth-order valence-corrected chi connectivity index (χ4v) is 13.1. The molecular weight excluding hydrogens is 796 g/mol. The highest BCUT2D eigenvalue weighted by Gasteiger charge is 2.46. The van der Waals surface area contributed by atoms with Gasteiger partial charge in [-0.1, -0.05) is 140 Å². The van der Waals surface area contributed by atoms with Crippen molar-refractivity contribution in [2.75, 3.05) is 4.81 Å². The van der Waals surface area contributed by atoms with E-state index in [-0.39, 0.29) is 23.1 Å². The van der Waals surface area contributed by atoms with Gasteiger partial charge in [-0.3, -0.25) is 0 Å². The fourth-order valence-electron chi connectivity index (χ4n) is 11.9. The summed E-state index contributed by atoms with van der Waals surface area (Å²) in [5.41, 5.74) is 21.6. The molecule has 5 heterocycles. The first-order valence-electron chi connectivity index (χ1n) is 22.9. The molecule has 11 aromatic rings. The maximum Gasteiger partial charge on any atom is 0.333 e. The highest BCUT2D eigenvalue weighted by Crippen LogP contribution is 2.55. The van der Waals surface area contributed by atoms with Crippen LogP contribution in [0, 0.1) is 0 Å². The highest BCUT2D eigenvalue weighted by atomic mass is 32.1. The van der Waals surface area contributed by atoms with Gasteiger partial charge in [-0.05, 0) is 115 Å². The number of thiophene rings is 1. The van der Waals surface area contributed by atoms with Gasteiger partial charge < -0.3 is 13.8 Å². The van der Waals surface area contributed by atoms with Crippen molar-refractivity contribution in [3.05, 3.63) is 162 Å². The quantitative estimate of drug-likeness (QED) is 0.154. The number of fused-ring (bicyclic) bond motifs is 17. The number of para-hydroxylation sites is 1. The zero-order chi connectivity index (χ0) is 43.3. The molecule has 0 atom stereocenters. The Labute approximate surface area is 377 Å². The summed E-state index contributed by atoms with van der Waals surface area (Å²) in [6.45, 7) is 18.7. The molecule has 0 radical (unpaired) electrons. The molecule has 0 fully saturated rings. The summed E-state index contributed by atoms with van der Waals surface area (Å²) >= 11 is 1.90.